The molecule has 0 radical (unpaired) electrons. The number of nitrogens with one attached hydrogen (secondary N) is 1. The lowest BCUT2D eigenvalue weighted by Gasteiger charge is -2.22. The number of halogens is 1. The van der Waals surface area contributed by atoms with Crippen molar-refractivity contribution in [3.8, 4) is 0 Å². The van der Waals surface area contributed by atoms with E-state index in [1.165, 1.54) is 15.6 Å². The molecule has 29 heavy (non-hydrogen) atoms. The Bertz CT molecular complexity index is 1090. The number of carbonyl (C=O) groups excluding carboxylic acids is 1. The minimum atomic E-state index is -3.52. The molecule has 0 saturated carbocycles. The quantitative estimate of drug-likeness (QED) is 0.437. The van der Waals surface area contributed by atoms with Crippen LogP contribution in [0.4, 0.5) is 5.69 Å². The van der Waals surface area contributed by atoms with Crippen LogP contribution in [0, 0.1) is 0 Å². The van der Waals surface area contributed by atoms with Crippen molar-refractivity contribution in [2.45, 2.75) is 6.54 Å². The highest BCUT2D eigenvalue weighted by molar-refractivity contribution is 7.92. The number of hydrogen-bond donors (Lipinski definition) is 1. The van der Waals surface area contributed by atoms with E-state index in [9.17, 15) is 13.2 Å². The minimum Gasteiger partial charge on any atom is -0.267 e. The number of nitrogens with zero attached hydrogens (tertiary/aromatic N) is 2. The highest BCUT2D eigenvalue weighted by atomic mass is 35.5. The van der Waals surface area contributed by atoms with Crippen LogP contribution >= 0.6 is 22.9 Å². The number of amides is 1. The van der Waals surface area contributed by atoms with Gasteiger partial charge in [0.15, 0.2) is 0 Å². The molecule has 0 atom stereocenters. The molecule has 0 saturated heterocycles. The molecule has 2 aromatic carbocycles. The normalized spacial score (nSPS) is 11.5. The zero-order valence-electron chi connectivity index (χ0n) is 15.4. The second kappa shape index (κ2) is 9.21. The van der Waals surface area contributed by atoms with Gasteiger partial charge in [-0.2, -0.15) is 5.10 Å². The van der Waals surface area contributed by atoms with Crippen molar-refractivity contribution in [3.63, 3.8) is 0 Å². The molecular weight excluding hydrogens is 430 g/mol. The van der Waals surface area contributed by atoms with Gasteiger partial charge >= 0.3 is 0 Å². The monoisotopic (exact) mass is 447 g/mol. The van der Waals surface area contributed by atoms with Gasteiger partial charge in [-0.1, -0.05) is 29.8 Å². The molecule has 0 bridgehead atoms. The number of anilines is 1. The van der Waals surface area contributed by atoms with E-state index in [1.807, 2.05) is 17.5 Å². The molecule has 0 spiro atoms. The van der Waals surface area contributed by atoms with Gasteiger partial charge in [-0.15, -0.1) is 11.3 Å². The Balaban J connectivity index is 1.73. The molecule has 6 nitrogen and oxygen atoms in total. The molecule has 1 heterocycles. The molecule has 0 aliphatic carbocycles. The second-order valence-corrected chi connectivity index (χ2v) is 9.48. The molecule has 1 amide bonds. The average Bonchev–Trinajstić information content (AvgIpc) is 3.20. The maximum absolute atomic E-state index is 12.3. The molecular formula is C20H18ClN3O3S2. The highest BCUT2D eigenvalue weighted by Crippen LogP contribution is 2.22. The van der Waals surface area contributed by atoms with Gasteiger partial charge in [0.25, 0.3) is 5.91 Å². The van der Waals surface area contributed by atoms with Crippen LogP contribution < -0.4 is 9.73 Å². The first-order chi connectivity index (χ1) is 13.8. The van der Waals surface area contributed by atoms with E-state index >= 15 is 0 Å². The summed E-state index contributed by atoms with van der Waals surface area (Å²) < 4.78 is 25.8. The van der Waals surface area contributed by atoms with E-state index in [0.717, 1.165) is 16.7 Å². The fourth-order valence-electron chi connectivity index (χ4n) is 2.52. The molecule has 9 heteroatoms. The van der Waals surface area contributed by atoms with Crippen molar-refractivity contribution in [2.75, 3.05) is 10.6 Å². The van der Waals surface area contributed by atoms with Crippen molar-refractivity contribution in [1.29, 1.82) is 0 Å². The third-order valence-electron chi connectivity index (χ3n) is 3.96. The maximum Gasteiger partial charge on any atom is 0.271 e. The van der Waals surface area contributed by atoms with Crippen LogP contribution in [-0.4, -0.2) is 26.8 Å². The molecule has 3 rings (SSSR count). The Hall–Kier alpha value is -2.68. The Morgan fingerprint density at radius 2 is 1.83 bits per heavy atom. The zero-order chi connectivity index (χ0) is 20.9. The number of rotatable bonds is 7. The van der Waals surface area contributed by atoms with Gasteiger partial charge < -0.3 is 0 Å². The Morgan fingerprint density at radius 3 is 2.41 bits per heavy atom. The summed E-state index contributed by atoms with van der Waals surface area (Å²) in [5.74, 6) is -0.382. The van der Waals surface area contributed by atoms with Gasteiger partial charge in [0.2, 0.25) is 10.0 Å². The number of sulfonamides is 1. The summed E-state index contributed by atoms with van der Waals surface area (Å²) in [7, 11) is -3.52. The average molecular weight is 448 g/mol. The zero-order valence-corrected chi connectivity index (χ0v) is 17.8. The molecule has 0 fully saturated rings. The third kappa shape index (κ3) is 5.90. The maximum atomic E-state index is 12.3. The largest absolute Gasteiger partial charge is 0.271 e. The highest BCUT2D eigenvalue weighted by Gasteiger charge is 2.18. The summed E-state index contributed by atoms with van der Waals surface area (Å²) in [6.07, 6.45) is 2.71. The van der Waals surface area contributed by atoms with E-state index in [1.54, 1.807) is 54.7 Å². The van der Waals surface area contributed by atoms with Gasteiger partial charge in [-0.3, -0.25) is 9.10 Å². The van der Waals surface area contributed by atoms with E-state index in [0.29, 0.717) is 16.3 Å². The molecule has 0 aliphatic rings. The smallest absolute Gasteiger partial charge is 0.267 e. The molecule has 0 unspecified atom stereocenters. The summed E-state index contributed by atoms with van der Waals surface area (Å²) in [5, 5.41) is 6.42. The van der Waals surface area contributed by atoms with Crippen LogP contribution in [0.15, 0.2) is 71.1 Å². The fourth-order valence-corrected chi connectivity index (χ4v) is 4.12. The van der Waals surface area contributed by atoms with Gasteiger partial charge in [0.1, 0.15) is 0 Å². The topological polar surface area (TPSA) is 78.8 Å². The SMILES string of the molecule is CS(=O)(=O)N(Cc1ccc(Cl)cc1)c1ccc(C(=O)N/N=C\c2cccs2)cc1. The molecule has 1 N–H and O–H groups in total. The third-order valence-corrected chi connectivity index (χ3v) is 6.16. The van der Waals surface area contributed by atoms with Gasteiger partial charge in [0, 0.05) is 15.5 Å². The molecule has 3 aromatic rings. The van der Waals surface area contributed by atoms with Crippen LogP contribution in [0.5, 0.6) is 0 Å². The van der Waals surface area contributed by atoms with Crippen molar-refractivity contribution in [1.82, 2.24) is 5.43 Å². The van der Waals surface area contributed by atoms with Crippen molar-refractivity contribution < 1.29 is 13.2 Å². The van der Waals surface area contributed by atoms with Crippen LogP contribution in [0.25, 0.3) is 0 Å². The molecule has 0 aliphatic heterocycles. The number of hydrogen-bond acceptors (Lipinski definition) is 5. The number of thiophene rings is 1. The summed E-state index contributed by atoms with van der Waals surface area (Å²) in [6, 6.07) is 17.0. The van der Waals surface area contributed by atoms with Crippen LogP contribution in [-0.2, 0) is 16.6 Å². The molecule has 150 valence electrons. The standard InChI is InChI=1S/C20H18ClN3O3S2/c1-29(26,27)24(14-15-4-8-17(21)9-5-15)18-10-6-16(7-11-18)20(25)23-22-13-19-3-2-12-28-19/h2-13H,14H2,1H3,(H,23,25)/b22-13-. The summed E-state index contributed by atoms with van der Waals surface area (Å²) in [4.78, 5) is 13.1. The Kier molecular flexibility index (Phi) is 6.68. The van der Waals surface area contributed by atoms with Crippen LogP contribution in [0.3, 0.4) is 0 Å². The first-order valence-corrected chi connectivity index (χ1v) is 11.6. The van der Waals surface area contributed by atoms with Crippen molar-refractivity contribution in [2.24, 2.45) is 5.10 Å². The number of carbonyl (C=O) groups is 1. The lowest BCUT2D eigenvalue weighted by Crippen LogP contribution is -2.29. The Labute approximate surface area is 178 Å². The van der Waals surface area contributed by atoms with Gasteiger partial charge in [-0.25, -0.2) is 13.8 Å². The summed E-state index contributed by atoms with van der Waals surface area (Å²) in [5.41, 5.74) is 4.08. The number of benzene rings is 2. The van der Waals surface area contributed by atoms with Crippen LogP contribution in [0.2, 0.25) is 5.02 Å². The van der Waals surface area contributed by atoms with Gasteiger partial charge in [-0.05, 0) is 53.4 Å². The minimum absolute atomic E-state index is 0.159. The second-order valence-electron chi connectivity index (χ2n) is 6.16. The van der Waals surface area contributed by atoms with Gasteiger partial charge in [0.05, 0.1) is 24.7 Å². The van der Waals surface area contributed by atoms with Crippen molar-refractivity contribution in [3.05, 3.63) is 87.1 Å². The van der Waals surface area contributed by atoms with E-state index in [2.05, 4.69) is 10.5 Å². The summed E-state index contributed by atoms with van der Waals surface area (Å²) >= 11 is 7.40. The van der Waals surface area contributed by atoms with E-state index < -0.39 is 10.0 Å². The lowest BCUT2D eigenvalue weighted by molar-refractivity contribution is 0.0955. The fraction of sp³-hybridized carbons (Fsp3) is 0.100. The van der Waals surface area contributed by atoms with Crippen molar-refractivity contribution >= 4 is 50.8 Å². The van der Waals surface area contributed by atoms with E-state index in [-0.39, 0.29) is 12.5 Å². The first kappa shape index (κ1) is 21.0. The summed E-state index contributed by atoms with van der Waals surface area (Å²) in [6.45, 7) is 0.159. The van der Waals surface area contributed by atoms with Crippen LogP contribution in [0.1, 0.15) is 20.8 Å². The predicted molar refractivity (Wildman–Crippen MR) is 118 cm³/mol. The van der Waals surface area contributed by atoms with E-state index in [4.69, 9.17) is 11.6 Å². The molecule has 1 aromatic heterocycles. The predicted octanol–water partition coefficient (Wildman–Crippen LogP) is 4.13. The number of hydrazone groups is 1. The Morgan fingerprint density at radius 1 is 1.14 bits per heavy atom. The first-order valence-electron chi connectivity index (χ1n) is 8.52. The lowest BCUT2D eigenvalue weighted by atomic mass is 10.2.